The minimum Gasteiger partial charge on any atom is -0.491 e. The molecular weight excluding hydrogens is 257 g/mol. The second kappa shape index (κ2) is 6.15. The average molecular weight is 275 g/mol. The van der Waals surface area contributed by atoms with E-state index in [9.17, 15) is 12.8 Å². The zero-order valence-electron chi connectivity index (χ0n) is 10.7. The molecule has 0 aliphatic heterocycles. The van der Waals surface area contributed by atoms with Crippen LogP contribution in [0.1, 0.15) is 27.2 Å². The molecule has 1 N–H and O–H groups in total. The van der Waals surface area contributed by atoms with Crippen LogP contribution in [0.4, 0.5) is 4.39 Å². The standard InChI is InChI=1S/C12H18FNO3S/c1-4-9(3)14-18(15,16)10-6-7-11(13)12(8-10)17-5-2/h6-9,14H,4-5H2,1-3H3/t9-/m1/s1. The van der Waals surface area contributed by atoms with E-state index in [-0.39, 0.29) is 23.3 Å². The number of halogens is 1. The number of sulfonamides is 1. The first-order valence-electron chi connectivity index (χ1n) is 5.85. The molecule has 18 heavy (non-hydrogen) atoms. The Balaban J connectivity index is 3.05. The normalized spacial score (nSPS) is 13.3. The molecule has 0 bridgehead atoms. The van der Waals surface area contributed by atoms with E-state index < -0.39 is 15.8 Å². The first-order valence-corrected chi connectivity index (χ1v) is 7.33. The third-order valence-corrected chi connectivity index (χ3v) is 4.07. The van der Waals surface area contributed by atoms with Crippen molar-refractivity contribution in [3.63, 3.8) is 0 Å². The molecule has 0 aliphatic carbocycles. The number of nitrogens with one attached hydrogen (secondary N) is 1. The third-order valence-electron chi connectivity index (χ3n) is 2.48. The average Bonchev–Trinajstić information content (AvgIpc) is 2.31. The van der Waals surface area contributed by atoms with E-state index in [1.807, 2.05) is 6.92 Å². The predicted molar refractivity (Wildman–Crippen MR) is 67.6 cm³/mol. The molecule has 0 aliphatic rings. The van der Waals surface area contributed by atoms with E-state index in [1.54, 1.807) is 13.8 Å². The Morgan fingerprint density at radius 2 is 2.06 bits per heavy atom. The Morgan fingerprint density at radius 1 is 1.39 bits per heavy atom. The smallest absolute Gasteiger partial charge is 0.240 e. The minimum atomic E-state index is -3.63. The molecule has 4 nitrogen and oxygen atoms in total. The molecule has 0 heterocycles. The number of benzene rings is 1. The highest BCUT2D eigenvalue weighted by Crippen LogP contribution is 2.22. The van der Waals surface area contributed by atoms with E-state index in [4.69, 9.17) is 4.74 Å². The monoisotopic (exact) mass is 275 g/mol. The van der Waals surface area contributed by atoms with Crippen LogP contribution in [0.15, 0.2) is 23.1 Å². The highest BCUT2D eigenvalue weighted by molar-refractivity contribution is 7.89. The Bertz CT molecular complexity index is 502. The molecule has 6 heteroatoms. The zero-order chi connectivity index (χ0) is 13.8. The Kier molecular flexibility index (Phi) is 5.10. The van der Waals surface area contributed by atoms with Crippen molar-refractivity contribution in [1.82, 2.24) is 4.72 Å². The fraction of sp³-hybridized carbons (Fsp3) is 0.500. The maximum absolute atomic E-state index is 13.3. The van der Waals surface area contributed by atoms with Gasteiger partial charge in [0, 0.05) is 12.1 Å². The van der Waals surface area contributed by atoms with E-state index in [2.05, 4.69) is 4.72 Å². The molecule has 1 aromatic carbocycles. The summed E-state index contributed by atoms with van der Waals surface area (Å²) in [5.41, 5.74) is 0. The van der Waals surface area contributed by atoms with Crippen LogP contribution in [0.25, 0.3) is 0 Å². The lowest BCUT2D eigenvalue weighted by Crippen LogP contribution is -2.32. The van der Waals surface area contributed by atoms with Crippen molar-refractivity contribution in [1.29, 1.82) is 0 Å². The van der Waals surface area contributed by atoms with Gasteiger partial charge in [-0.2, -0.15) is 0 Å². The van der Waals surface area contributed by atoms with Crippen LogP contribution in [0.5, 0.6) is 5.75 Å². The van der Waals surface area contributed by atoms with E-state index in [1.165, 1.54) is 12.1 Å². The third kappa shape index (κ3) is 3.68. The van der Waals surface area contributed by atoms with Gasteiger partial charge in [0.25, 0.3) is 0 Å². The van der Waals surface area contributed by atoms with Crippen LogP contribution < -0.4 is 9.46 Å². The highest BCUT2D eigenvalue weighted by atomic mass is 32.2. The lowest BCUT2D eigenvalue weighted by Gasteiger charge is -2.13. The van der Waals surface area contributed by atoms with Gasteiger partial charge in [-0.15, -0.1) is 0 Å². The fourth-order valence-electron chi connectivity index (χ4n) is 1.33. The summed E-state index contributed by atoms with van der Waals surface area (Å²) in [4.78, 5) is 0.00708. The molecule has 0 spiro atoms. The van der Waals surface area contributed by atoms with Crippen molar-refractivity contribution in [3.8, 4) is 5.75 Å². The van der Waals surface area contributed by atoms with Gasteiger partial charge in [-0.05, 0) is 32.4 Å². The quantitative estimate of drug-likeness (QED) is 0.866. The molecule has 0 radical (unpaired) electrons. The van der Waals surface area contributed by atoms with Gasteiger partial charge in [0.1, 0.15) is 0 Å². The van der Waals surface area contributed by atoms with Crippen molar-refractivity contribution in [2.75, 3.05) is 6.61 Å². The second-order valence-electron chi connectivity index (χ2n) is 3.96. The minimum absolute atomic E-state index is 0.00708. The van der Waals surface area contributed by atoms with Crippen LogP contribution in [0.3, 0.4) is 0 Å². The Morgan fingerprint density at radius 3 is 2.61 bits per heavy atom. The summed E-state index contributed by atoms with van der Waals surface area (Å²) < 4.78 is 44.8. The van der Waals surface area contributed by atoms with Crippen LogP contribution in [-0.4, -0.2) is 21.1 Å². The van der Waals surface area contributed by atoms with Gasteiger partial charge >= 0.3 is 0 Å². The van der Waals surface area contributed by atoms with Crippen molar-refractivity contribution in [2.45, 2.75) is 38.1 Å². The van der Waals surface area contributed by atoms with Crippen molar-refractivity contribution in [2.24, 2.45) is 0 Å². The van der Waals surface area contributed by atoms with Gasteiger partial charge in [-0.1, -0.05) is 6.92 Å². The lowest BCUT2D eigenvalue weighted by atomic mass is 10.3. The molecule has 1 atom stereocenters. The van der Waals surface area contributed by atoms with Crippen molar-refractivity contribution in [3.05, 3.63) is 24.0 Å². The largest absolute Gasteiger partial charge is 0.491 e. The number of hydrogen-bond acceptors (Lipinski definition) is 3. The van der Waals surface area contributed by atoms with Crippen LogP contribution in [0, 0.1) is 5.82 Å². The highest BCUT2D eigenvalue weighted by Gasteiger charge is 2.18. The van der Waals surface area contributed by atoms with Gasteiger partial charge in [-0.25, -0.2) is 17.5 Å². The van der Waals surface area contributed by atoms with Gasteiger partial charge in [0.15, 0.2) is 11.6 Å². The van der Waals surface area contributed by atoms with Gasteiger partial charge < -0.3 is 4.74 Å². The molecule has 0 saturated carbocycles. The molecule has 0 saturated heterocycles. The van der Waals surface area contributed by atoms with Crippen LogP contribution >= 0.6 is 0 Å². The maximum Gasteiger partial charge on any atom is 0.240 e. The summed E-state index contributed by atoms with van der Waals surface area (Å²) >= 11 is 0. The van der Waals surface area contributed by atoms with Gasteiger partial charge in [0.05, 0.1) is 11.5 Å². The first-order chi connectivity index (χ1) is 8.40. The summed E-state index contributed by atoms with van der Waals surface area (Å²) in [6.07, 6.45) is 0.679. The second-order valence-corrected chi connectivity index (χ2v) is 5.67. The molecular formula is C12H18FNO3S. The number of hydrogen-bond donors (Lipinski definition) is 1. The molecule has 1 aromatic rings. The summed E-state index contributed by atoms with van der Waals surface area (Å²) in [6.45, 7) is 5.63. The zero-order valence-corrected chi connectivity index (χ0v) is 11.6. The van der Waals surface area contributed by atoms with Gasteiger partial charge in [0.2, 0.25) is 10.0 Å². The van der Waals surface area contributed by atoms with E-state index in [0.29, 0.717) is 6.42 Å². The van der Waals surface area contributed by atoms with Gasteiger partial charge in [-0.3, -0.25) is 0 Å². The van der Waals surface area contributed by atoms with Crippen molar-refractivity contribution < 1.29 is 17.5 Å². The molecule has 1 rings (SSSR count). The molecule has 102 valence electrons. The Labute approximate surface area is 107 Å². The molecule has 0 amide bonds. The lowest BCUT2D eigenvalue weighted by molar-refractivity contribution is 0.320. The molecule has 0 fully saturated rings. The molecule has 0 unspecified atom stereocenters. The summed E-state index contributed by atoms with van der Waals surface area (Å²) in [6, 6.07) is 3.35. The van der Waals surface area contributed by atoms with Crippen LogP contribution in [-0.2, 0) is 10.0 Å². The predicted octanol–water partition coefficient (Wildman–Crippen LogP) is 2.30. The Hall–Kier alpha value is -1.14. The fourth-order valence-corrected chi connectivity index (χ4v) is 2.68. The summed E-state index contributed by atoms with van der Waals surface area (Å²) in [5.74, 6) is -0.621. The number of ether oxygens (including phenoxy) is 1. The molecule has 0 aromatic heterocycles. The van der Waals surface area contributed by atoms with E-state index >= 15 is 0 Å². The first kappa shape index (κ1) is 14.9. The number of rotatable bonds is 6. The topological polar surface area (TPSA) is 55.4 Å². The van der Waals surface area contributed by atoms with Crippen molar-refractivity contribution >= 4 is 10.0 Å². The SMILES string of the molecule is CCOc1cc(S(=O)(=O)N[C@H](C)CC)ccc1F. The summed E-state index contributed by atoms with van der Waals surface area (Å²) in [5, 5.41) is 0. The maximum atomic E-state index is 13.3. The van der Waals surface area contributed by atoms with Crippen LogP contribution in [0.2, 0.25) is 0 Å². The summed E-state index contributed by atoms with van der Waals surface area (Å²) in [7, 11) is -3.63. The van der Waals surface area contributed by atoms with E-state index in [0.717, 1.165) is 6.07 Å².